The number of carbonyl (C=O) groups is 1. The normalized spacial score (nSPS) is 11.1. The lowest BCUT2D eigenvalue weighted by Gasteiger charge is -2.11. The Bertz CT molecular complexity index is 1210. The second kappa shape index (κ2) is 12.4. The summed E-state index contributed by atoms with van der Waals surface area (Å²) in [5.41, 5.74) is 1.52. The Morgan fingerprint density at radius 1 is 1.21 bits per heavy atom. The van der Waals surface area contributed by atoms with Crippen LogP contribution in [0.15, 0.2) is 48.2 Å². The van der Waals surface area contributed by atoms with Crippen LogP contribution in [0.5, 0.6) is 11.5 Å². The van der Waals surface area contributed by atoms with E-state index in [4.69, 9.17) is 32.7 Å². The highest BCUT2D eigenvalue weighted by molar-refractivity contribution is 7.15. The van der Waals surface area contributed by atoms with Crippen molar-refractivity contribution in [2.45, 2.75) is 26.2 Å². The molecule has 0 saturated heterocycles. The zero-order valence-corrected chi connectivity index (χ0v) is 21.1. The summed E-state index contributed by atoms with van der Waals surface area (Å²) in [6.45, 7) is 2.68. The molecule has 0 aliphatic rings. The van der Waals surface area contributed by atoms with E-state index in [1.165, 1.54) is 17.4 Å². The Labute approximate surface area is 212 Å². The van der Waals surface area contributed by atoms with Gasteiger partial charge in [-0.05, 0) is 54.0 Å². The van der Waals surface area contributed by atoms with E-state index in [-0.39, 0.29) is 5.57 Å². The number of hydrogen-bond donors (Lipinski definition) is 1. The van der Waals surface area contributed by atoms with Gasteiger partial charge in [0.25, 0.3) is 5.91 Å². The monoisotopic (exact) mass is 515 g/mol. The number of anilines is 1. The van der Waals surface area contributed by atoms with Gasteiger partial charge in [-0.2, -0.15) is 5.26 Å². The predicted octanol–water partition coefficient (Wildman–Crippen LogP) is 6.77. The predicted molar refractivity (Wildman–Crippen MR) is 137 cm³/mol. The highest BCUT2D eigenvalue weighted by Gasteiger charge is 2.14. The van der Waals surface area contributed by atoms with Crippen molar-refractivity contribution in [2.75, 3.05) is 19.0 Å². The Hall–Kier alpha value is -3.05. The van der Waals surface area contributed by atoms with Gasteiger partial charge in [-0.3, -0.25) is 10.1 Å². The largest absolute Gasteiger partial charge is 0.493 e. The Morgan fingerprint density at radius 3 is 2.65 bits per heavy atom. The van der Waals surface area contributed by atoms with Gasteiger partial charge in [0.15, 0.2) is 16.6 Å². The van der Waals surface area contributed by atoms with Crippen LogP contribution >= 0.6 is 34.5 Å². The van der Waals surface area contributed by atoms with E-state index in [9.17, 15) is 10.1 Å². The van der Waals surface area contributed by atoms with Gasteiger partial charge >= 0.3 is 0 Å². The fourth-order valence-electron chi connectivity index (χ4n) is 3.06. The zero-order chi connectivity index (χ0) is 24.5. The van der Waals surface area contributed by atoms with E-state index in [0.717, 1.165) is 23.3 Å². The van der Waals surface area contributed by atoms with Crippen LogP contribution in [0.1, 0.15) is 35.8 Å². The second-order valence-corrected chi connectivity index (χ2v) is 9.31. The van der Waals surface area contributed by atoms with Crippen molar-refractivity contribution in [3.63, 3.8) is 0 Å². The Morgan fingerprint density at radius 2 is 1.97 bits per heavy atom. The molecule has 3 aromatic rings. The standard InChI is InChI=1S/C25H23Cl2N3O3S/c1-3-4-7-33-22-6-5-16(12-23(22)32-2)8-18(14-28)24(31)30-25-29-15-21(34-25)11-17-9-19(26)13-20(27)10-17/h5-6,8-10,12-13,15H,3-4,7,11H2,1-2H3,(H,29,30,31)/b18-8+. The van der Waals surface area contributed by atoms with Crippen LogP contribution in [0.25, 0.3) is 6.08 Å². The van der Waals surface area contributed by atoms with E-state index >= 15 is 0 Å². The molecule has 0 fully saturated rings. The summed E-state index contributed by atoms with van der Waals surface area (Å²) < 4.78 is 11.1. The summed E-state index contributed by atoms with van der Waals surface area (Å²) in [5.74, 6) is 0.608. The molecule has 0 unspecified atom stereocenters. The molecule has 1 N–H and O–H groups in total. The van der Waals surface area contributed by atoms with Crippen molar-refractivity contribution in [1.29, 1.82) is 5.26 Å². The van der Waals surface area contributed by atoms with Gasteiger partial charge in [0.2, 0.25) is 0 Å². The van der Waals surface area contributed by atoms with Gasteiger partial charge in [-0.15, -0.1) is 11.3 Å². The van der Waals surface area contributed by atoms with E-state index in [1.807, 2.05) is 18.2 Å². The molecule has 0 aliphatic carbocycles. The molecule has 1 heterocycles. The third-order valence-corrected chi connectivity index (χ3v) is 6.04. The number of nitrogens with zero attached hydrogens (tertiary/aromatic N) is 2. The van der Waals surface area contributed by atoms with Crippen LogP contribution in [0.4, 0.5) is 5.13 Å². The SMILES string of the molecule is CCCCOc1ccc(/C=C(\C#N)C(=O)Nc2ncc(Cc3cc(Cl)cc(Cl)c3)s2)cc1OC. The van der Waals surface area contributed by atoms with Crippen molar-refractivity contribution in [2.24, 2.45) is 0 Å². The molecule has 0 aliphatic heterocycles. The van der Waals surface area contributed by atoms with Crippen LogP contribution < -0.4 is 14.8 Å². The number of methoxy groups -OCH3 is 1. The van der Waals surface area contributed by atoms with Crippen molar-refractivity contribution in [1.82, 2.24) is 4.98 Å². The van der Waals surface area contributed by atoms with Crippen LogP contribution in [0, 0.1) is 11.3 Å². The smallest absolute Gasteiger partial charge is 0.268 e. The highest BCUT2D eigenvalue weighted by Crippen LogP contribution is 2.30. The quantitative estimate of drug-likeness (QED) is 0.183. The molecule has 0 atom stereocenters. The van der Waals surface area contributed by atoms with Gasteiger partial charge in [0, 0.05) is 27.5 Å². The Kier molecular flexibility index (Phi) is 9.34. The minimum atomic E-state index is -0.545. The van der Waals surface area contributed by atoms with Gasteiger partial charge in [0.1, 0.15) is 11.6 Å². The van der Waals surface area contributed by atoms with E-state index < -0.39 is 5.91 Å². The first-order chi connectivity index (χ1) is 16.4. The third kappa shape index (κ3) is 7.22. The second-order valence-electron chi connectivity index (χ2n) is 7.32. The molecule has 0 spiro atoms. The number of ether oxygens (including phenoxy) is 2. The zero-order valence-electron chi connectivity index (χ0n) is 18.7. The molecule has 2 aromatic carbocycles. The first-order valence-electron chi connectivity index (χ1n) is 10.6. The third-order valence-electron chi connectivity index (χ3n) is 4.69. The number of carbonyl (C=O) groups excluding carboxylic acids is 1. The number of benzene rings is 2. The van der Waals surface area contributed by atoms with Gasteiger partial charge in [0.05, 0.1) is 13.7 Å². The number of thiazole rings is 1. The van der Waals surface area contributed by atoms with Crippen LogP contribution in [-0.2, 0) is 11.2 Å². The average molecular weight is 516 g/mol. The number of unbranched alkanes of at least 4 members (excludes halogenated alkanes) is 1. The number of amides is 1. The molecule has 0 saturated carbocycles. The lowest BCUT2D eigenvalue weighted by Crippen LogP contribution is -2.13. The lowest BCUT2D eigenvalue weighted by molar-refractivity contribution is -0.112. The van der Waals surface area contributed by atoms with Crippen molar-refractivity contribution >= 4 is 51.7 Å². The van der Waals surface area contributed by atoms with Crippen LogP contribution in [0.2, 0.25) is 10.0 Å². The van der Waals surface area contributed by atoms with E-state index in [1.54, 1.807) is 37.6 Å². The molecular formula is C25H23Cl2N3O3S. The van der Waals surface area contributed by atoms with E-state index in [0.29, 0.717) is 45.3 Å². The topological polar surface area (TPSA) is 84.2 Å². The maximum absolute atomic E-state index is 12.7. The summed E-state index contributed by atoms with van der Waals surface area (Å²) in [4.78, 5) is 17.8. The first kappa shape index (κ1) is 25.6. The lowest BCUT2D eigenvalue weighted by atomic mass is 10.1. The van der Waals surface area contributed by atoms with Crippen molar-refractivity contribution < 1.29 is 14.3 Å². The van der Waals surface area contributed by atoms with Crippen LogP contribution in [0.3, 0.4) is 0 Å². The minimum Gasteiger partial charge on any atom is -0.493 e. The highest BCUT2D eigenvalue weighted by atomic mass is 35.5. The fourth-order valence-corrected chi connectivity index (χ4v) is 4.47. The summed E-state index contributed by atoms with van der Waals surface area (Å²) in [6.07, 6.45) is 5.71. The summed E-state index contributed by atoms with van der Waals surface area (Å²) in [6, 6.07) is 12.5. The van der Waals surface area contributed by atoms with Gasteiger partial charge in [-0.1, -0.05) is 42.6 Å². The maximum Gasteiger partial charge on any atom is 0.268 e. The fraction of sp³-hybridized carbons (Fsp3) is 0.240. The minimum absolute atomic E-state index is 0.0555. The summed E-state index contributed by atoms with van der Waals surface area (Å²) in [5, 5.41) is 13.7. The average Bonchev–Trinajstić information content (AvgIpc) is 3.23. The molecule has 34 heavy (non-hydrogen) atoms. The number of rotatable bonds is 10. The number of nitriles is 1. The number of nitrogens with one attached hydrogen (secondary N) is 1. The van der Waals surface area contributed by atoms with Gasteiger partial charge in [-0.25, -0.2) is 4.98 Å². The summed E-state index contributed by atoms with van der Waals surface area (Å²) >= 11 is 13.4. The maximum atomic E-state index is 12.7. The summed E-state index contributed by atoms with van der Waals surface area (Å²) in [7, 11) is 1.55. The Balaban J connectivity index is 1.69. The molecule has 3 rings (SSSR count). The number of aromatic nitrogens is 1. The molecule has 176 valence electrons. The van der Waals surface area contributed by atoms with Gasteiger partial charge < -0.3 is 9.47 Å². The van der Waals surface area contributed by atoms with Crippen LogP contribution in [-0.4, -0.2) is 24.6 Å². The molecule has 0 radical (unpaired) electrons. The molecule has 6 nitrogen and oxygen atoms in total. The van der Waals surface area contributed by atoms with Crippen molar-refractivity contribution in [3.8, 4) is 17.6 Å². The molecule has 1 aromatic heterocycles. The number of hydrogen-bond acceptors (Lipinski definition) is 6. The molecule has 1 amide bonds. The molecule has 0 bridgehead atoms. The van der Waals surface area contributed by atoms with Crippen molar-refractivity contribution in [3.05, 3.63) is 74.2 Å². The van der Waals surface area contributed by atoms with E-state index in [2.05, 4.69) is 17.2 Å². The number of halogens is 2. The molecule has 9 heteroatoms. The molecular weight excluding hydrogens is 493 g/mol. The first-order valence-corrected chi connectivity index (χ1v) is 12.1.